The van der Waals surface area contributed by atoms with Gasteiger partial charge >= 0.3 is 5.97 Å². The number of oxazole rings is 1. The molecule has 0 N–H and O–H groups in total. The molecule has 7 heteroatoms. The zero-order valence-corrected chi connectivity index (χ0v) is 18.6. The van der Waals surface area contributed by atoms with Crippen molar-refractivity contribution >= 4 is 28.0 Å². The molecule has 0 aliphatic rings. The number of hydrogen-bond donors (Lipinski definition) is 0. The zero-order chi connectivity index (χ0) is 23.3. The van der Waals surface area contributed by atoms with Crippen molar-refractivity contribution in [3.05, 3.63) is 96.0 Å². The highest BCUT2D eigenvalue weighted by atomic mass is 16.5. The molecule has 0 fully saturated rings. The van der Waals surface area contributed by atoms with Crippen molar-refractivity contribution in [2.45, 2.75) is 19.6 Å². The summed E-state index contributed by atoms with van der Waals surface area (Å²) in [6, 6.07) is 25.1. The summed E-state index contributed by atoms with van der Waals surface area (Å²) in [5.41, 5.74) is 4.04. The number of fused-ring (bicyclic) bond motifs is 2. The molecule has 0 bridgehead atoms. The van der Waals surface area contributed by atoms with Gasteiger partial charge in [0, 0.05) is 5.39 Å². The van der Waals surface area contributed by atoms with Crippen molar-refractivity contribution in [2.75, 3.05) is 7.11 Å². The van der Waals surface area contributed by atoms with Gasteiger partial charge in [0.2, 0.25) is 5.89 Å². The Morgan fingerprint density at radius 2 is 1.59 bits per heavy atom. The molecule has 0 amide bonds. The first kappa shape index (κ1) is 21.5. The van der Waals surface area contributed by atoms with Gasteiger partial charge in [-0.1, -0.05) is 30.3 Å². The number of pyridine rings is 1. The first-order valence-electron chi connectivity index (χ1n) is 10.8. The number of rotatable bonds is 8. The molecule has 7 nitrogen and oxygen atoms in total. The molecule has 0 saturated carbocycles. The van der Waals surface area contributed by atoms with Crippen LogP contribution in [0.4, 0.5) is 0 Å². The number of carbonyl (C=O) groups is 1. The molecular formula is C27H22N2O5. The topological polar surface area (TPSA) is 83.7 Å². The maximum atomic E-state index is 11.4. The summed E-state index contributed by atoms with van der Waals surface area (Å²) >= 11 is 0. The highest BCUT2D eigenvalue weighted by Crippen LogP contribution is 2.22. The number of nitrogens with zero attached hydrogens (tertiary/aromatic N) is 2. The number of methoxy groups -OCH3 is 1. The van der Waals surface area contributed by atoms with E-state index in [-0.39, 0.29) is 6.42 Å². The summed E-state index contributed by atoms with van der Waals surface area (Å²) in [6.45, 7) is 0.754. The molecule has 2 heterocycles. The minimum atomic E-state index is -0.393. The number of para-hydroxylation sites is 1. The van der Waals surface area contributed by atoms with Gasteiger partial charge in [-0.25, -0.2) is 9.97 Å². The van der Waals surface area contributed by atoms with Crippen molar-refractivity contribution in [1.82, 2.24) is 9.97 Å². The van der Waals surface area contributed by atoms with Crippen LogP contribution in [0.3, 0.4) is 0 Å². The Labute approximate surface area is 195 Å². The predicted molar refractivity (Wildman–Crippen MR) is 127 cm³/mol. The van der Waals surface area contributed by atoms with E-state index in [0.717, 1.165) is 33.7 Å². The normalized spacial score (nSPS) is 11.0. The van der Waals surface area contributed by atoms with Crippen LogP contribution in [0.15, 0.2) is 83.3 Å². The van der Waals surface area contributed by atoms with Gasteiger partial charge in [0.15, 0.2) is 5.58 Å². The van der Waals surface area contributed by atoms with Crippen LogP contribution in [0.5, 0.6) is 11.5 Å². The lowest BCUT2D eigenvalue weighted by Crippen LogP contribution is -2.04. The standard InChI is InChI=1S/C27H22N2O5/c1-31-27(30)15-26-29-24-13-6-18(14-25(24)34-26)16-32-21-9-11-22(12-10-21)33-17-20-8-7-19-4-2-3-5-23(19)28-20/h2-14H,15-17H2,1H3. The average Bonchev–Trinajstić information content (AvgIpc) is 3.28. The number of benzene rings is 3. The van der Waals surface area contributed by atoms with Crippen LogP contribution in [0.2, 0.25) is 0 Å². The van der Waals surface area contributed by atoms with Crippen molar-refractivity contribution in [2.24, 2.45) is 0 Å². The summed E-state index contributed by atoms with van der Waals surface area (Å²) in [4.78, 5) is 20.3. The zero-order valence-electron chi connectivity index (χ0n) is 18.6. The first-order chi connectivity index (χ1) is 16.7. The van der Waals surface area contributed by atoms with Crippen LogP contribution >= 0.6 is 0 Å². The highest BCUT2D eigenvalue weighted by molar-refractivity contribution is 5.78. The summed E-state index contributed by atoms with van der Waals surface area (Å²) in [6.07, 6.45) is 0.00234. The summed E-state index contributed by atoms with van der Waals surface area (Å²) in [5.74, 6) is 1.40. The minimum absolute atomic E-state index is 0.00234. The molecule has 0 atom stereocenters. The second-order valence-corrected chi connectivity index (χ2v) is 7.71. The maximum absolute atomic E-state index is 11.4. The van der Waals surface area contributed by atoms with Gasteiger partial charge < -0.3 is 18.6 Å². The van der Waals surface area contributed by atoms with Gasteiger partial charge in [0.25, 0.3) is 0 Å². The Morgan fingerprint density at radius 3 is 2.38 bits per heavy atom. The lowest BCUT2D eigenvalue weighted by atomic mass is 10.2. The average molecular weight is 454 g/mol. The van der Waals surface area contributed by atoms with Crippen LogP contribution in [0.25, 0.3) is 22.0 Å². The molecule has 0 aliphatic heterocycles. The molecule has 2 aromatic heterocycles. The Bertz CT molecular complexity index is 1440. The Morgan fingerprint density at radius 1 is 0.824 bits per heavy atom. The minimum Gasteiger partial charge on any atom is -0.489 e. The maximum Gasteiger partial charge on any atom is 0.314 e. The molecule has 0 radical (unpaired) electrons. The first-order valence-corrected chi connectivity index (χ1v) is 10.8. The van der Waals surface area contributed by atoms with Crippen LogP contribution in [-0.2, 0) is 29.2 Å². The van der Waals surface area contributed by atoms with E-state index >= 15 is 0 Å². The number of ether oxygens (including phenoxy) is 3. The molecule has 0 aliphatic carbocycles. The molecule has 0 spiro atoms. The summed E-state index contributed by atoms with van der Waals surface area (Å²) in [5, 5.41) is 1.11. The second kappa shape index (κ2) is 9.62. The molecule has 34 heavy (non-hydrogen) atoms. The number of carbonyl (C=O) groups excluding carboxylic acids is 1. The molecule has 5 aromatic rings. The molecular weight excluding hydrogens is 432 g/mol. The third-order valence-corrected chi connectivity index (χ3v) is 5.29. The van der Waals surface area contributed by atoms with Gasteiger partial charge in [-0.05, 0) is 54.1 Å². The Hall–Kier alpha value is -4.39. The van der Waals surface area contributed by atoms with E-state index in [0.29, 0.717) is 30.2 Å². The van der Waals surface area contributed by atoms with Crippen LogP contribution in [-0.4, -0.2) is 23.0 Å². The van der Waals surface area contributed by atoms with E-state index in [9.17, 15) is 4.79 Å². The number of esters is 1. The van der Waals surface area contributed by atoms with Gasteiger partial charge in [-0.3, -0.25) is 4.79 Å². The van der Waals surface area contributed by atoms with E-state index in [1.807, 2.05) is 78.9 Å². The third-order valence-electron chi connectivity index (χ3n) is 5.29. The summed E-state index contributed by atoms with van der Waals surface area (Å²) in [7, 11) is 1.33. The van der Waals surface area contributed by atoms with Crippen molar-refractivity contribution < 1.29 is 23.4 Å². The fraction of sp³-hybridized carbons (Fsp3) is 0.148. The smallest absolute Gasteiger partial charge is 0.314 e. The molecule has 5 rings (SSSR count). The van der Waals surface area contributed by atoms with Gasteiger partial charge in [0.1, 0.15) is 36.7 Å². The molecule has 0 saturated heterocycles. The SMILES string of the molecule is COC(=O)Cc1nc2ccc(COc3ccc(OCc4ccc5ccccc5n4)cc3)cc2o1. The van der Waals surface area contributed by atoms with Crippen LogP contribution < -0.4 is 9.47 Å². The lowest BCUT2D eigenvalue weighted by Gasteiger charge is -2.09. The van der Waals surface area contributed by atoms with Gasteiger partial charge in [-0.2, -0.15) is 0 Å². The van der Waals surface area contributed by atoms with Crippen LogP contribution in [0.1, 0.15) is 17.1 Å². The van der Waals surface area contributed by atoms with Crippen molar-refractivity contribution in [1.29, 1.82) is 0 Å². The second-order valence-electron chi connectivity index (χ2n) is 7.71. The fourth-order valence-corrected chi connectivity index (χ4v) is 3.52. The van der Waals surface area contributed by atoms with E-state index in [2.05, 4.69) is 14.7 Å². The van der Waals surface area contributed by atoms with E-state index in [1.54, 1.807) is 0 Å². The van der Waals surface area contributed by atoms with Crippen LogP contribution in [0, 0.1) is 0 Å². The van der Waals surface area contributed by atoms with E-state index in [1.165, 1.54) is 7.11 Å². The predicted octanol–water partition coefficient (Wildman–Crippen LogP) is 5.25. The number of aromatic nitrogens is 2. The molecule has 3 aromatic carbocycles. The van der Waals surface area contributed by atoms with Crippen molar-refractivity contribution in [3.63, 3.8) is 0 Å². The number of hydrogen-bond acceptors (Lipinski definition) is 7. The largest absolute Gasteiger partial charge is 0.489 e. The molecule has 170 valence electrons. The Kier molecular flexibility index (Phi) is 6.07. The van der Waals surface area contributed by atoms with Crippen molar-refractivity contribution in [3.8, 4) is 11.5 Å². The van der Waals surface area contributed by atoms with Gasteiger partial charge in [-0.15, -0.1) is 0 Å². The Balaban J connectivity index is 1.17. The highest BCUT2D eigenvalue weighted by Gasteiger charge is 2.11. The fourth-order valence-electron chi connectivity index (χ4n) is 3.52. The summed E-state index contributed by atoms with van der Waals surface area (Å²) < 4.78 is 22.1. The lowest BCUT2D eigenvalue weighted by molar-refractivity contribution is -0.140. The molecule has 0 unspecified atom stereocenters. The third kappa shape index (κ3) is 4.99. The van der Waals surface area contributed by atoms with Gasteiger partial charge in [0.05, 0.1) is 18.3 Å². The van der Waals surface area contributed by atoms with E-state index in [4.69, 9.17) is 13.9 Å². The van der Waals surface area contributed by atoms with E-state index < -0.39 is 5.97 Å². The monoisotopic (exact) mass is 454 g/mol. The quantitative estimate of drug-likeness (QED) is 0.296.